The van der Waals surface area contributed by atoms with Crippen molar-refractivity contribution in [1.29, 1.82) is 0 Å². The molecule has 0 saturated heterocycles. The Morgan fingerprint density at radius 1 is 1.12 bits per heavy atom. The van der Waals surface area contributed by atoms with Crippen LogP contribution in [0.4, 0.5) is 10.8 Å². The summed E-state index contributed by atoms with van der Waals surface area (Å²) in [5, 5.41) is 12.4. The Balaban J connectivity index is 1.59. The van der Waals surface area contributed by atoms with Crippen molar-refractivity contribution in [2.45, 2.75) is 26.3 Å². The van der Waals surface area contributed by atoms with Gasteiger partial charge in [0.2, 0.25) is 0 Å². The van der Waals surface area contributed by atoms with E-state index >= 15 is 0 Å². The highest BCUT2D eigenvalue weighted by atomic mass is 32.1. The zero-order valence-corrected chi connectivity index (χ0v) is 19.5. The molecule has 33 heavy (non-hydrogen) atoms. The Morgan fingerprint density at radius 2 is 1.97 bits per heavy atom. The quantitative estimate of drug-likeness (QED) is 0.194. The number of fused-ring (bicyclic) bond motifs is 2. The zero-order chi connectivity index (χ0) is 23.1. The van der Waals surface area contributed by atoms with Crippen LogP contribution in [-0.4, -0.2) is 15.8 Å². The van der Waals surface area contributed by atoms with Crippen LogP contribution in [0, 0.1) is 10.1 Å². The van der Waals surface area contributed by atoms with Gasteiger partial charge < -0.3 is 4.42 Å². The van der Waals surface area contributed by atoms with E-state index in [1.165, 1.54) is 34.8 Å². The molecule has 7 nitrogen and oxygen atoms in total. The molecular formula is C24H19N3O4S2. The van der Waals surface area contributed by atoms with Gasteiger partial charge in [0.05, 0.1) is 32.8 Å². The van der Waals surface area contributed by atoms with Gasteiger partial charge in [-0.05, 0) is 41.8 Å². The maximum Gasteiger partial charge on any atom is 0.270 e. The number of hydrogen-bond donors (Lipinski definition) is 0. The second kappa shape index (κ2) is 8.42. The van der Waals surface area contributed by atoms with Crippen LogP contribution in [0.1, 0.15) is 40.8 Å². The number of hydrogen-bond acceptors (Lipinski definition) is 7. The second-order valence-electron chi connectivity index (χ2n) is 7.91. The van der Waals surface area contributed by atoms with Crippen LogP contribution in [0.3, 0.4) is 0 Å². The summed E-state index contributed by atoms with van der Waals surface area (Å²) in [5.41, 5.74) is 2.03. The van der Waals surface area contributed by atoms with E-state index in [-0.39, 0.29) is 18.1 Å². The van der Waals surface area contributed by atoms with E-state index in [2.05, 4.69) is 19.9 Å². The summed E-state index contributed by atoms with van der Waals surface area (Å²) in [6.07, 6.45) is 1.58. The number of carbonyl (C=O) groups excluding carboxylic acids is 1. The highest BCUT2D eigenvalue weighted by molar-refractivity contribution is 7.23. The van der Waals surface area contributed by atoms with Gasteiger partial charge in [-0.3, -0.25) is 19.8 Å². The molecule has 0 unspecified atom stereocenters. The molecule has 5 rings (SSSR count). The molecule has 0 aliphatic rings. The van der Waals surface area contributed by atoms with Crippen LogP contribution >= 0.6 is 22.7 Å². The van der Waals surface area contributed by atoms with Gasteiger partial charge >= 0.3 is 0 Å². The lowest BCUT2D eigenvalue weighted by atomic mass is 10.0. The first-order chi connectivity index (χ1) is 15.9. The number of benzene rings is 2. The van der Waals surface area contributed by atoms with Gasteiger partial charge in [-0.1, -0.05) is 37.3 Å². The average Bonchev–Trinajstić information content (AvgIpc) is 3.54. The number of amides is 1. The van der Waals surface area contributed by atoms with E-state index in [9.17, 15) is 14.9 Å². The zero-order valence-electron chi connectivity index (χ0n) is 17.8. The molecule has 0 aliphatic carbocycles. The van der Waals surface area contributed by atoms with Crippen LogP contribution in [0.15, 0.2) is 65.3 Å². The van der Waals surface area contributed by atoms with E-state index in [1.54, 1.807) is 29.4 Å². The summed E-state index contributed by atoms with van der Waals surface area (Å²) in [6, 6.07) is 16.0. The van der Waals surface area contributed by atoms with Gasteiger partial charge in [-0.15, -0.1) is 11.3 Å². The van der Waals surface area contributed by atoms with Crippen molar-refractivity contribution in [2.75, 3.05) is 4.90 Å². The number of furan rings is 1. The third kappa shape index (κ3) is 4.01. The van der Waals surface area contributed by atoms with Gasteiger partial charge in [-0.2, -0.15) is 0 Å². The number of thiophene rings is 1. The van der Waals surface area contributed by atoms with E-state index in [0.717, 1.165) is 20.5 Å². The van der Waals surface area contributed by atoms with Gasteiger partial charge in [0.15, 0.2) is 5.13 Å². The lowest BCUT2D eigenvalue weighted by Crippen LogP contribution is -2.29. The smallest absolute Gasteiger partial charge is 0.270 e. The molecule has 0 aliphatic heterocycles. The summed E-state index contributed by atoms with van der Waals surface area (Å²) >= 11 is 2.77. The molecule has 166 valence electrons. The van der Waals surface area contributed by atoms with E-state index in [0.29, 0.717) is 27.1 Å². The fourth-order valence-electron chi connectivity index (χ4n) is 3.71. The minimum Gasteiger partial charge on any atom is -0.467 e. The SMILES string of the molecule is CC(C)c1cccc2sc(N(Cc3ccco3)C(=O)c3cc4cc([N+](=O)[O-])ccc4s3)nc12. The highest BCUT2D eigenvalue weighted by Gasteiger charge is 2.25. The van der Waals surface area contributed by atoms with Gasteiger partial charge in [0.25, 0.3) is 11.6 Å². The van der Waals surface area contributed by atoms with E-state index < -0.39 is 4.92 Å². The average molecular weight is 478 g/mol. The second-order valence-corrected chi connectivity index (χ2v) is 10.00. The third-order valence-corrected chi connectivity index (χ3v) is 7.50. The highest BCUT2D eigenvalue weighted by Crippen LogP contribution is 2.36. The van der Waals surface area contributed by atoms with E-state index in [4.69, 9.17) is 9.40 Å². The van der Waals surface area contributed by atoms with Crippen molar-refractivity contribution in [2.24, 2.45) is 0 Å². The number of thiazole rings is 1. The fourth-order valence-corrected chi connectivity index (χ4v) is 5.70. The molecule has 0 saturated carbocycles. The Labute approximate surface area is 197 Å². The lowest BCUT2D eigenvalue weighted by molar-refractivity contribution is -0.384. The standard InChI is InChI=1S/C24H19N3O4S2/c1-14(2)18-6-3-7-20-22(18)25-24(33-20)26(13-17-5-4-10-31-17)23(28)21-12-15-11-16(27(29)30)8-9-19(15)32-21/h3-12,14H,13H2,1-2H3. The molecule has 0 radical (unpaired) electrons. The van der Waals surface area contributed by atoms with Crippen LogP contribution in [0.5, 0.6) is 0 Å². The minimum absolute atomic E-state index is 0.000807. The van der Waals surface area contributed by atoms with Crippen molar-refractivity contribution in [3.05, 3.63) is 87.2 Å². The first-order valence-corrected chi connectivity index (χ1v) is 12.0. The maximum atomic E-state index is 13.7. The summed E-state index contributed by atoms with van der Waals surface area (Å²) in [6.45, 7) is 4.48. The summed E-state index contributed by atoms with van der Waals surface area (Å²) in [7, 11) is 0. The number of para-hydroxylation sites is 1. The monoisotopic (exact) mass is 477 g/mol. The predicted octanol–water partition coefficient (Wildman–Crippen LogP) is 6.98. The van der Waals surface area contributed by atoms with Crippen molar-refractivity contribution in [1.82, 2.24) is 4.98 Å². The molecule has 2 aromatic carbocycles. The number of rotatable bonds is 6. The topological polar surface area (TPSA) is 89.5 Å². The van der Waals surface area contributed by atoms with Crippen molar-refractivity contribution in [3.8, 4) is 0 Å². The van der Waals surface area contributed by atoms with Crippen molar-refractivity contribution < 1.29 is 14.1 Å². The number of nitro benzene ring substituents is 1. The molecule has 5 aromatic rings. The number of nitro groups is 1. The number of non-ortho nitro benzene ring substituents is 1. The number of anilines is 1. The van der Waals surface area contributed by atoms with Gasteiger partial charge in [0.1, 0.15) is 5.76 Å². The lowest BCUT2D eigenvalue weighted by Gasteiger charge is -2.17. The van der Waals surface area contributed by atoms with Gasteiger partial charge in [-0.25, -0.2) is 4.98 Å². The number of aromatic nitrogens is 1. The summed E-state index contributed by atoms with van der Waals surface area (Å²) < 4.78 is 7.35. The maximum absolute atomic E-state index is 13.7. The first-order valence-electron chi connectivity index (χ1n) is 10.3. The first kappa shape index (κ1) is 21.3. The van der Waals surface area contributed by atoms with Crippen molar-refractivity contribution in [3.63, 3.8) is 0 Å². The van der Waals surface area contributed by atoms with Gasteiger partial charge in [0, 0.05) is 22.2 Å². The molecule has 0 bridgehead atoms. The largest absolute Gasteiger partial charge is 0.467 e. The molecule has 0 N–H and O–H groups in total. The molecule has 1 amide bonds. The van der Waals surface area contributed by atoms with Crippen LogP contribution in [0.2, 0.25) is 0 Å². The molecule has 3 heterocycles. The Morgan fingerprint density at radius 3 is 2.70 bits per heavy atom. The summed E-state index contributed by atoms with van der Waals surface area (Å²) in [5.74, 6) is 0.722. The fraction of sp³-hybridized carbons (Fsp3) is 0.167. The minimum atomic E-state index is -0.435. The normalized spacial score (nSPS) is 11.5. The van der Waals surface area contributed by atoms with Crippen LogP contribution < -0.4 is 4.90 Å². The molecule has 0 atom stereocenters. The Bertz CT molecular complexity index is 1480. The molecule has 0 fully saturated rings. The Kier molecular flexibility index (Phi) is 5.43. The Hall–Kier alpha value is -3.56. The predicted molar refractivity (Wildman–Crippen MR) is 131 cm³/mol. The van der Waals surface area contributed by atoms with Crippen LogP contribution in [-0.2, 0) is 6.54 Å². The molecule has 0 spiro atoms. The number of carbonyl (C=O) groups is 1. The number of nitrogens with zero attached hydrogens (tertiary/aromatic N) is 3. The molecule has 3 aromatic heterocycles. The summed E-state index contributed by atoms with van der Waals surface area (Å²) in [4.78, 5) is 31.3. The molecule has 9 heteroatoms. The van der Waals surface area contributed by atoms with Crippen LogP contribution in [0.25, 0.3) is 20.3 Å². The molecular weight excluding hydrogens is 458 g/mol. The van der Waals surface area contributed by atoms with E-state index in [1.807, 2.05) is 18.2 Å². The van der Waals surface area contributed by atoms with Crippen molar-refractivity contribution >= 4 is 59.7 Å². The third-order valence-electron chi connectivity index (χ3n) is 5.35.